The van der Waals surface area contributed by atoms with Crippen LogP contribution >= 0.6 is 0 Å². The van der Waals surface area contributed by atoms with Gasteiger partial charge in [0, 0.05) is 27.7 Å². The maximum atomic E-state index is 11.3. The molecule has 0 rings (SSSR count). The van der Waals surface area contributed by atoms with E-state index in [2.05, 4.69) is 0 Å². The lowest BCUT2D eigenvalue weighted by Crippen LogP contribution is -2.52. The first-order valence-electron chi connectivity index (χ1n) is 7.02. The van der Waals surface area contributed by atoms with Gasteiger partial charge in [0.25, 0.3) is 0 Å². The quantitative estimate of drug-likeness (QED) is 0.380. The molecule has 0 aliphatic heterocycles. The van der Waals surface area contributed by atoms with Crippen LogP contribution in [0.2, 0.25) is 0 Å². The number of carbonyl (C=O) groups excluding carboxylic acids is 4. The lowest BCUT2D eigenvalue weighted by Gasteiger charge is -2.33. The lowest BCUT2D eigenvalue weighted by molar-refractivity contribution is -0.200. The fraction of sp³-hybridized carbons (Fsp3) is 0.714. The van der Waals surface area contributed by atoms with E-state index < -0.39 is 61.5 Å². The molecule has 10 nitrogen and oxygen atoms in total. The van der Waals surface area contributed by atoms with Crippen LogP contribution in [-0.4, -0.2) is 71.7 Å². The first kappa shape index (κ1) is 21.8. The van der Waals surface area contributed by atoms with Crippen molar-refractivity contribution in [2.24, 2.45) is 0 Å². The second kappa shape index (κ2) is 10.6. The summed E-state index contributed by atoms with van der Waals surface area (Å²) in [5.41, 5.74) is 0. The summed E-state index contributed by atoms with van der Waals surface area (Å²) in [6.07, 6.45) is -6.04. The maximum Gasteiger partial charge on any atom is 0.303 e. The van der Waals surface area contributed by atoms with Crippen LogP contribution < -0.4 is 0 Å². The molecule has 0 spiro atoms. The minimum atomic E-state index is -1.63. The van der Waals surface area contributed by atoms with Crippen molar-refractivity contribution in [1.82, 2.24) is 0 Å². The minimum Gasteiger partial charge on any atom is -0.462 e. The minimum absolute atomic E-state index is 0.511. The molecular weight excluding hydrogens is 328 g/mol. The Morgan fingerprint density at radius 1 is 0.792 bits per heavy atom. The van der Waals surface area contributed by atoms with Gasteiger partial charge in [0.1, 0.15) is 12.7 Å². The van der Waals surface area contributed by atoms with Gasteiger partial charge in [0.05, 0.1) is 6.61 Å². The molecule has 0 aromatic heterocycles. The fourth-order valence-electron chi connectivity index (χ4n) is 1.81. The van der Waals surface area contributed by atoms with Gasteiger partial charge in [0.2, 0.25) is 0 Å². The SMILES string of the molecule is CC(=O)OC[C@@H](OC(C)=O)[C@H](OC(C)=O)[C@H](OC(C)=O)[C@H](O)CO. The number of aliphatic hydroxyl groups is 2. The molecule has 0 fully saturated rings. The van der Waals surface area contributed by atoms with Gasteiger partial charge in [-0.2, -0.15) is 0 Å². The molecule has 0 aliphatic rings. The van der Waals surface area contributed by atoms with E-state index in [0.29, 0.717) is 0 Å². The number of aliphatic hydroxyl groups excluding tert-OH is 2. The van der Waals surface area contributed by atoms with Gasteiger partial charge < -0.3 is 29.2 Å². The van der Waals surface area contributed by atoms with E-state index in [9.17, 15) is 24.3 Å². The number of hydrogen-bond acceptors (Lipinski definition) is 10. The number of esters is 4. The normalized spacial score (nSPS) is 15.4. The molecule has 0 bridgehead atoms. The molecule has 0 radical (unpaired) electrons. The monoisotopic (exact) mass is 350 g/mol. The summed E-state index contributed by atoms with van der Waals surface area (Å²) in [6.45, 7) is 2.92. The van der Waals surface area contributed by atoms with Crippen LogP contribution in [0, 0.1) is 0 Å². The summed E-state index contributed by atoms with van der Waals surface area (Å²) < 4.78 is 19.5. The summed E-state index contributed by atoms with van der Waals surface area (Å²) >= 11 is 0. The van der Waals surface area contributed by atoms with Crippen LogP contribution in [0.4, 0.5) is 0 Å². The summed E-state index contributed by atoms with van der Waals surface area (Å²) in [6, 6.07) is 0. The molecule has 0 saturated carbocycles. The van der Waals surface area contributed by atoms with Crippen molar-refractivity contribution < 1.29 is 48.3 Å². The van der Waals surface area contributed by atoms with Crippen LogP contribution in [0.3, 0.4) is 0 Å². The third-order valence-electron chi connectivity index (χ3n) is 2.63. The van der Waals surface area contributed by atoms with Crippen LogP contribution in [0.15, 0.2) is 0 Å². The van der Waals surface area contributed by atoms with Crippen LogP contribution in [0.1, 0.15) is 27.7 Å². The van der Waals surface area contributed by atoms with E-state index in [-0.39, 0.29) is 0 Å². The average Bonchev–Trinajstić information content (AvgIpc) is 2.45. The highest BCUT2D eigenvalue weighted by molar-refractivity contribution is 5.68. The number of carbonyl (C=O) groups is 4. The third-order valence-corrected chi connectivity index (χ3v) is 2.63. The second-order valence-corrected chi connectivity index (χ2v) is 4.85. The molecule has 2 N–H and O–H groups in total. The van der Waals surface area contributed by atoms with Crippen LogP contribution in [-0.2, 0) is 38.1 Å². The predicted molar refractivity (Wildman–Crippen MR) is 76.4 cm³/mol. The zero-order chi connectivity index (χ0) is 18.9. The van der Waals surface area contributed by atoms with Crippen molar-refractivity contribution in [3.05, 3.63) is 0 Å². The molecule has 10 heteroatoms. The second-order valence-electron chi connectivity index (χ2n) is 4.85. The van der Waals surface area contributed by atoms with E-state index in [1.165, 1.54) is 0 Å². The Kier molecular flexibility index (Phi) is 9.58. The van der Waals surface area contributed by atoms with Crippen molar-refractivity contribution in [2.45, 2.75) is 52.1 Å². The lowest BCUT2D eigenvalue weighted by atomic mass is 10.0. The highest BCUT2D eigenvalue weighted by Crippen LogP contribution is 2.18. The van der Waals surface area contributed by atoms with Crippen molar-refractivity contribution in [3.8, 4) is 0 Å². The van der Waals surface area contributed by atoms with Gasteiger partial charge in [-0.05, 0) is 0 Å². The number of ether oxygens (including phenoxy) is 4. The van der Waals surface area contributed by atoms with Crippen molar-refractivity contribution in [3.63, 3.8) is 0 Å². The smallest absolute Gasteiger partial charge is 0.303 e. The van der Waals surface area contributed by atoms with Crippen molar-refractivity contribution >= 4 is 23.9 Å². The summed E-state index contributed by atoms with van der Waals surface area (Å²) in [4.78, 5) is 44.8. The van der Waals surface area contributed by atoms with Crippen molar-refractivity contribution in [1.29, 1.82) is 0 Å². The summed E-state index contributed by atoms with van der Waals surface area (Å²) in [5.74, 6) is -3.15. The Morgan fingerprint density at radius 3 is 1.62 bits per heavy atom. The Bertz CT molecular complexity index is 460. The van der Waals surface area contributed by atoms with Crippen LogP contribution in [0.25, 0.3) is 0 Å². The highest BCUT2D eigenvalue weighted by atomic mass is 16.6. The van der Waals surface area contributed by atoms with Gasteiger partial charge in [-0.1, -0.05) is 0 Å². The molecule has 138 valence electrons. The van der Waals surface area contributed by atoms with Gasteiger partial charge >= 0.3 is 23.9 Å². The Morgan fingerprint density at radius 2 is 1.25 bits per heavy atom. The third kappa shape index (κ3) is 8.44. The molecule has 0 aromatic carbocycles. The first-order chi connectivity index (χ1) is 11.1. The van der Waals surface area contributed by atoms with Gasteiger partial charge in [-0.15, -0.1) is 0 Å². The van der Waals surface area contributed by atoms with Gasteiger partial charge in [0.15, 0.2) is 18.3 Å². The molecular formula is C14H22O10. The molecule has 4 atom stereocenters. The molecule has 0 saturated heterocycles. The number of rotatable bonds is 9. The maximum absolute atomic E-state index is 11.3. The summed E-state index contributed by atoms with van der Waals surface area (Å²) in [7, 11) is 0. The molecule has 0 heterocycles. The van der Waals surface area contributed by atoms with E-state index in [1.54, 1.807) is 0 Å². The molecule has 0 unspecified atom stereocenters. The fourth-order valence-corrected chi connectivity index (χ4v) is 1.81. The zero-order valence-electron chi connectivity index (χ0n) is 13.9. The molecule has 24 heavy (non-hydrogen) atoms. The Labute approximate surface area is 138 Å². The first-order valence-corrected chi connectivity index (χ1v) is 7.02. The van der Waals surface area contributed by atoms with E-state index in [1.807, 2.05) is 0 Å². The summed E-state index contributed by atoms with van der Waals surface area (Å²) in [5, 5.41) is 19.0. The molecule has 0 aromatic rings. The molecule has 0 amide bonds. The topological polar surface area (TPSA) is 146 Å². The Hall–Kier alpha value is -2.20. The molecule has 0 aliphatic carbocycles. The Balaban J connectivity index is 5.63. The standard InChI is InChI=1S/C14H22O10/c1-7(16)21-6-12(22-8(2)17)14(24-10(4)19)13(11(20)5-15)23-9(3)18/h11-15,20H,5-6H2,1-4H3/t11-,12-,13-,14+/m1/s1. The van der Waals surface area contributed by atoms with E-state index in [0.717, 1.165) is 27.7 Å². The van der Waals surface area contributed by atoms with E-state index in [4.69, 9.17) is 24.1 Å². The largest absolute Gasteiger partial charge is 0.462 e. The van der Waals surface area contributed by atoms with E-state index >= 15 is 0 Å². The average molecular weight is 350 g/mol. The van der Waals surface area contributed by atoms with Gasteiger partial charge in [-0.3, -0.25) is 19.2 Å². The van der Waals surface area contributed by atoms with Crippen molar-refractivity contribution in [2.75, 3.05) is 13.2 Å². The zero-order valence-corrected chi connectivity index (χ0v) is 13.9. The number of hydrogen-bond donors (Lipinski definition) is 2. The predicted octanol–water partition coefficient (Wildman–Crippen LogP) is -1.30. The van der Waals surface area contributed by atoms with Crippen LogP contribution in [0.5, 0.6) is 0 Å². The highest BCUT2D eigenvalue weighted by Gasteiger charge is 2.41. The van der Waals surface area contributed by atoms with Gasteiger partial charge in [-0.25, -0.2) is 0 Å².